The number of rotatable bonds is 3. The summed E-state index contributed by atoms with van der Waals surface area (Å²) in [5.41, 5.74) is 0.938. The molecule has 1 N–H and O–H groups in total. The zero-order chi connectivity index (χ0) is 10.4. The van der Waals surface area contributed by atoms with Crippen LogP contribution in [0.2, 0.25) is 0 Å². The van der Waals surface area contributed by atoms with Gasteiger partial charge in [-0.1, -0.05) is 24.8 Å². The number of pyridine rings is 1. The highest BCUT2D eigenvalue weighted by Crippen LogP contribution is 2.08. The van der Waals surface area contributed by atoms with Crippen LogP contribution in [0.1, 0.15) is 5.56 Å². The van der Waals surface area contributed by atoms with Crippen molar-refractivity contribution in [2.24, 2.45) is 0 Å². The van der Waals surface area contributed by atoms with E-state index in [2.05, 4.69) is 16.9 Å². The molecule has 0 spiro atoms. The van der Waals surface area contributed by atoms with Crippen molar-refractivity contribution in [3.8, 4) is 0 Å². The summed E-state index contributed by atoms with van der Waals surface area (Å²) in [4.78, 5) is 15.3. The van der Waals surface area contributed by atoms with Gasteiger partial charge in [0.05, 0.1) is 0 Å². The average Bonchev–Trinajstić information content (AvgIpc) is 2.18. The molecular weight excluding hydrogens is 176 g/mol. The van der Waals surface area contributed by atoms with Gasteiger partial charge in [0.25, 0.3) is 0 Å². The minimum atomic E-state index is -0.202. The standard InChI is InChI=1S/C11H12N2O/c1-3-4-7-10(14)13-11-9(2)6-5-8-12-11/h3-8H,1H2,2H3,(H,12,13,14)/b7-4+. The van der Waals surface area contributed by atoms with Gasteiger partial charge in [0.2, 0.25) is 5.91 Å². The molecule has 1 aromatic rings. The Bertz CT molecular complexity index is 369. The molecule has 1 amide bonds. The van der Waals surface area contributed by atoms with E-state index in [1.54, 1.807) is 18.3 Å². The molecule has 0 aliphatic heterocycles. The molecule has 0 unspecified atom stereocenters. The number of allylic oxidation sites excluding steroid dienone is 2. The normalized spacial score (nSPS) is 10.1. The summed E-state index contributed by atoms with van der Waals surface area (Å²) in [7, 11) is 0. The highest BCUT2D eigenvalue weighted by Gasteiger charge is 2.00. The Morgan fingerprint density at radius 3 is 3.07 bits per heavy atom. The molecule has 3 nitrogen and oxygen atoms in total. The van der Waals surface area contributed by atoms with Crippen LogP contribution in [0, 0.1) is 6.92 Å². The number of nitrogens with zero attached hydrogens (tertiary/aromatic N) is 1. The van der Waals surface area contributed by atoms with Crippen molar-refractivity contribution in [3.63, 3.8) is 0 Å². The second-order valence-corrected chi connectivity index (χ2v) is 2.75. The fourth-order valence-electron chi connectivity index (χ4n) is 0.930. The number of amides is 1. The van der Waals surface area contributed by atoms with Crippen LogP contribution in [0.4, 0.5) is 5.82 Å². The molecule has 0 fully saturated rings. The van der Waals surface area contributed by atoms with E-state index in [4.69, 9.17) is 0 Å². The topological polar surface area (TPSA) is 42.0 Å². The summed E-state index contributed by atoms with van der Waals surface area (Å²) in [6.45, 7) is 5.36. The van der Waals surface area contributed by atoms with E-state index in [0.29, 0.717) is 5.82 Å². The monoisotopic (exact) mass is 188 g/mol. The molecule has 0 saturated heterocycles. The van der Waals surface area contributed by atoms with Gasteiger partial charge in [-0.15, -0.1) is 0 Å². The maximum atomic E-state index is 11.2. The molecule has 3 heteroatoms. The van der Waals surface area contributed by atoms with E-state index in [9.17, 15) is 4.79 Å². The first kappa shape index (κ1) is 10.2. The maximum absolute atomic E-state index is 11.2. The SMILES string of the molecule is C=C/C=C/C(=O)Nc1ncccc1C. The Balaban J connectivity index is 2.69. The third-order valence-corrected chi connectivity index (χ3v) is 1.63. The van der Waals surface area contributed by atoms with E-state index >= 15 is 0 Å². The Kier molecular flexibility index (Phi) is 3.61. The number of nitrogens with one attached hydrogen (secondary N) is 1. The smallest absolute Gasteiger partial charge is 0.249 e. The first-order valence-electron chi connectivity index (χ1n) is 4.25. The van der Waals surface area contributed by atoms with Gasteiger partial charge in [-0.3, -0.25) is 4.79 Å². The molecular formula is C11H12N2O. The molecule has 0 radical (unpaired) electrons. The van der Waals surface area contributed by atoms with E-state index < -0.39 is 0 Å². The highest BCUT2D eigenvalue weighted by atomic mass is 16.1. The Labute approximate surface area is 83.2 Å². The molecule has 0 saturated carbocycles. The van der Waals surface area contributed by atoms with E-state index in [0.717, 1.165) is 5.56 Å². The molecule has 14 heavy (non-hydrogen) atoms. The number of anilines is 1. The number of hydrogen-bond acceptors (Lipinski definition) is 2. The highest BCUT2D eigenvalue weighted by molar-refractivity contribution is 5.99. The van der Waals surface area contributed by atoms with E-state index in [-0.39, 0.29) is 5.91 Å². The predicted octanol–water partition coefficient (Wildman–Crippen LogP) is 2.07. The van der Waals surface area contributed by atoms with Crippen LogP contribution in [-0.2, 0) is 4.79 Å². The minimum absolute atomic E-state index is 0.202. The van der Waals surface area contributed by atoms with Gasteiger partial charge < -0.3 is 5.32 Å². The summed E-state index contributed by atoms with van der Waals surface area (Å²) in [5.74, 6) is 0.387. The molecule has 0 aliphatic rings. The lowest BCUT2D eigenvalue weighted by molar-refractivity contribution is -0.111. The van der Waals surface area contributed by atoms with Crippen molar-refractivity contribution < 1.29 is 4.79 Å². The molecule has 1 aromatic heterocycles. The third-order valence-electron chi connectivity index (χ3n) is 1.63. The van der Waals surface area contributed by atoms with Crippen molar-refractivity contribution in [3.05, 3.63) is 48.7 Å². The zero-order valence-corrected chi connectivity index (χ0v) is 8.03. The van der Waals surface area contributed by atoms with Crippen LogP contribution in [0.15, 0.2) is 43.1 Å². The number of carbonyl (C=O) groups is 1. The number of aromatic nitrogens is 1. The maximum Gasteiger partial charge on any atom is 0.249 e. The number of hydrogen-bond donors (Lipinski definition) is 1. The molecule has 0 atom stereocenters. The summed E-state index contributed by atoms with van der Waals surface area (Å²) in [5, 5.41) is 2.66. The third kappa shape index (κ3) is 2.86. The summed E-state index contributed by atoms with van der Waals surface area (Å²) < 4.78 is 0. The van der Waals surface area contributed by atoms with Gasteiger partial charge in [0, 0.05) is 12.3 Å². The Morgan fingerprint density at radius 1 is 1.64 bits per heavy atom. The van der Waals surface area contributed by atoms with Crippen LogP contribution < -0.4 is 5.32 Å². The fourth-order valence-corrected chi connectivity index (χ4v) is 0.930. The van der Waals surface area contributed by atoms with Gasteiger partial charge in [-0.05, 0) is 18.6 Å². The second kappa shape index (κ2) is 4.97. The number of aryl methyl sites for hydroxylation is 1. The van der Waals surface area contributed by atoms with Crippen LogP contribution in [0.25, 0.3) is 0 Å². The van der Waals surface area contributed by atoms with Gasteiger partial charge in [0.15, 0.2) is 0 Å². The Hall–Kier alpha value is -1.90. The molecule has 1 rings (SSSR count). The minimum Gasteiger partial charge on any atom is -0.307 e. The summed E-state index contributed by atoms with van der Waals surface area (Å²) in [6.07, 6.45) is 6.17. The van der Waals surface area contributed by atoms with Crippen LogP contribution >= 0.6 is 0 Å². The predicted molar refractivity (Wildman–Crippen MR) is 56.9 cm³/mol. The summed E-state index contributed by atoms with van der Waals surface area (Å²) in [6, 6.07) is 3.71. The van der Waals surface area contributed by atoms with Crippen molar-refractivity contribution in [1.29, 1.82) is 0 Å². The van der Waals surface area contributed by atoms with Gasteiger partial charge >= 0.3 is 0 Å². The molecule has 72 valence electrons. The van der Waals surface area contributed by atoms with Crippen LogP contribution in [0.3, 0.4) is 0 Å². The molecule has 0 aromatic carbocycles. The lowest BCUT2D eigenvalue weighted by atomic mass is 10.3. The van der Waals surface area contributed by atoms with Crippen molar-refractivity contribution in [2.45, 2.75) is 6.92 Å². The number of carbonyl (C=O) groups excluding carboxylic acids is 1. The second-order valence-electron chi connectivity index (χ2n) is 2.75. The Morgan fingerprint density at radius 2 is 2.43 bits per heavy atom. The quantitative estimate of drug-likeness (QED) is 0.582. The van der Waals surface area contributed by atoms with Gasteiger partial charge in [-0.2, -0.15) is 0 Å². The van der Waals surface area contributed by atoms with Crippen molar-refractivity contribution in [1.82, 2.24) is 4.98 Å². The van der Waals surface area contributed by atoms with Gasteiger partial charge in [-0.25, -0.2) is 4.98 Å². The van der Waals surface area contributed by atoms with Crippen molar-refractivity contribution in [2.75, 3.05) is 5.32 Å². The molecule has 1 heterocycles. The van der Waals surface area contributed by atoms with Crippen LogP contribution in [0.5, 0.6) is 0 Å². The van der Waals surface area contributed by atoms with Crippen molar-refractivity contribution >= 4 is 11.7 Å². The largest absolute Gasteiger partial charge is 0.307 e. The zero-order valence-electron chi connectivity index (χ0n) is 8.03. The fraction of sp³-hybridized carbons (Fsp3) is 0.0909. The average molecular weight is 188 g/mol. The van der Waals surface area contributed by atoms with E-state index in [1.165, 1.54) is 6.08 Å². The first-order chi connectivity index (χ1) is 6.74. The molecule has 0 aliphatic carbocycles. The molecule has 0 bridgehead atoms. The lowest BCUT2D eigenvalue weighted by Crippen LogP contribution is -2.10. The summed E-state index contributed by atoms with van der Waals surface area (Å²) >= 11 is 0. The van der Waals surface area contributed by atoms with E-state index in [1.807, 2.05) is 19.1 Å². The first-order valence-corrected chi connectivity index (χ1v) is 4.25. The lowest BCUT2D eigenvalue weighted by Gasteiger charge is -2.03. The van der Waals surface area contributed by atoms with Gasteiger partial charge in [0.1, 0.15) is 5.82 Å². The van der Waals surface area contributed by atoms with Crippen LogP contribution in [-0.4, -0.2) is 10.9 Å².